The maximum Gasteiger partial charge on any atom is 0.231 e. The lowest BCUT2D eigenvalue weighted by Gasteiger charge is -2.21. The van der Waals surface area contributed by atoms with Crippen LogP contribution >= 0.6 is 0 Å². The number of methoxy groups -OCH3 is 2. The third kappa shape index (κ3) is 4.34. The lowest BCUT2D eigenvalue weighted by molar-refractivity contribution is -0.117. The summed E-state index contributed by atoms with van der Waals surface area (Å²) in [4.78, 5) is 17.2. The van der Waals surface area contributed by atoms with Crippen LogP contribution in [0.3, 0.4) is 0 Å². The zero-order chi connectivity index (χ0) is 20.2. The normalized spacial score (nSPS) is 14.7. The van der Waals surface area contributed by atoms with E-state index in [1.54, 1.807) is 24.8 Å². The van der Waals surface area contributed by atoms with Crippen molar-refractivity contribution in [3.63, 3.8) is 0 Å². The van der Waals surface area contributed by atoms with Crippen LogP contribution in [0.25, 0.3) is 16.9 Å². The number of nitrogens with zero attached hydrogens (tertiary/aromatic N) is 3. The van der Waals surface area contributed by atoms with Crippen molar-refractivity contribution in [2.75, 3.05) is 19.5 Å². The highest BCUT2D eigenvalue weighted by Gasteiger charge is 2.18. The zero-order valence-electron chi connectivity index (χ0n) is 16.9. The maximum absolute atomic E-state index is 12.6. The van der Waals surface area contributed by atoms with Crippen LogP contribution in [0.1, 0.15) is 38.5 Å². The minimum absolute atomic E-state index is 0.0359. The van der Waals surface area contributed by atoms with Crippen molar-refractivity contribution in [3.8, 4) is 22.9 Å². The molecule has 0 unspecified atom stereocenters. The van der Waals surface area contributed by atoms with Gasteiger partial charge in [-0.25, -0.2) is 9.50 Å². The molecule has 1 N–H and O–H groups in total. The van der Waals surface area contributed by atoms with Gasteiger partial charge in [0.2, 0.25) is 11.8 Å². The molecule has 152 valence electrons. The number of aromatic nitrogens is 3. The Morgan fingerprint density at radius 1 is 1.14 bits per heavy atom. The molecule has 2 aromatic heterocycles. The summed E-state index contributed by atoms with van der Waals surface area (Å²) in [6.45, 7) is 0. The number of fused-ring (bicyclic) bond motifs is 1. The maximum atomic E-state index is 12.6. The van der Waals surface area contributed by atoms with E-state index in [-0.39, 0.29) is 5.91 Å². The Hall–Kier alpha value is -3.09. The van der Waals surface area contributed by atoms with Crippen LogP contribution in [0, 0.1) is 5.92 Å². The predicted molar refractivity (Wildman–Crippen MR) is 111 cm³/mol. The second-order valence-electron chi connectivity index (χ2n) is 7.48. The summed E-state index contributed by atoms with van der Waals surface area (Å²) in [6, 6.07) is 9.30. The number of benzene rings is 1. The predicted octanol–water partition coefficient (Wildman–Crippen LogP) is 4.32. The molecule has 0 bridgehead atoms. The second kappa shape index (κ2) is 8.51. The van der Waals surface area contributed by atoms with Gasteiger partial charge in [0, 0.05) is 18.1 Å². The van der Waals surface area contributed by atoms with Gasteiger partial charge in [-0.15, -0.1) is 5.10 Å². The Kier molecular flexibility index (Phi) is 5.64. The molecule has 7 nitrogen and oxygen atoms in total. The van der Waals surface area contributed by atoms with Crippen LogP contribution in [0.2, 0.25) is 0 Å². The molecular formula is C22H26N4O3. The smallest absolute Gasteiger partial charge is 0.231 e. The number of hydrogen-bond donors (Lipinski definition) is 1. The molecule has 1 aromatic carbocycles. The standard InChI is InChI=1S/C22H26N4O3/c1-28-19-9-8-16(18-14-26-20(23-18)10-11-22(25-26)29-2)13-17(19)24-21(27)12-15-6-4-3-5-7-15/h8-11,13-15H,3-7,12H2,1-2H3,(H,24,27). The third-order valence-corrected chi connectivity index (χ3v) is 5.47. The summed E-state index contributed by atoms with van der Waals surface area (Å²) in [5.41, 5.74) is 3.02. The van der Waals surface area contributed by atoms with Crippen LogP contribution in [0.4, 0.5) is 5.69 Å². The average molecular weight is 394 g/mol. The lowest BCUT2D eigenvalue weighted by Crippen LogP contribution is -2.18. The highest BCUT2D eigenvalue weighted by molar-refractivity contribution is 5.93. The molecule has 2 heterocycles. The van der Waals surface area contributed by atoms with Crippen LogP contribution in [-0.2, 0) is 4.79 Å². The van der Waals surface area contributed by atoms with Crippen molar-refractivity contribution in [2.45, 2.75) is 38.5 Å². The highest BCUT2D eigenvalue weighted by Crippen LogP contribution is 2.32. The van der Waals surface area contributed by atoms with Crippen LogP contribution < -0.4 is 14.8 Å². The number of carbonyl (C=O) groups is 1. The first-order valence-electron chi connectivity index (χ1n) is 10.0. The van der Waals surface area contributed by atoms with E-state index in [0.717, 1.165) is 29.7 Å². The second-order valence-corrected chi connectivity index (χ2v) is 7.48. The molecule has 29 heavy (non-hydrogen) atoms. The molecule has 7 heteroatoms. The van der Waals surface area contributed by atoms with Gasteiger partial charge in [0.05, 0.1) is 31.8 Å². The molecule has 1 fully saturated rings. The molecule has 1 amide bonds. The first-order chi connectivity index (χ1) is 14.2. The summed E-state index contributed by atoms with van der Waals surface area (Å²) >= 11 is 0. The third-order valence-electron chi connectivity index (χ3n) is 5.47. The van der Waals surface area contributed by atoms with Crippen LogP contribution in [0.5, 0.6) is 11.6 Å². The summed E-state index contributed by atoms with van der Waals surface area (Å²) in [5, 5.41) is 7.38. The SMILES string of the molecule is COc1ccc2nc(-c3ccc(OC)c(NC(=O)CC4CCCCC4)c3)cn2n1. The van der Waals surface area contributed by atoms with Gasteiger partial charge in [0.1, 0.15) is 5.75 Å². The van der Waals surface area contributed by atoms with Crippen LogP contribution in [0.15, 0.2) is 36.5 Å². The summed E-state index contributed by atoms with van der Waals surface area (Å²) in [5.74, 6) is 1.67. The molecule has 1 aliphatic carbocycles. The van der Waals surface area contributed by atoms with E-state index in [0.29, 0.717) is 29.7 Å². The number of ether oxygens (including phenoxy) is 2. The van der Waals surface area contributed by atoms with Gasteiger partial charge in [-0.2, -0.15) is 0 Å². The first-order valence-corrected chi connectivity index (χ1v) is 10.0. The molecule has 1 aliphatic rings. The van der Waals surface area contributed by atoms with Crippen molar-refractivity contribution in [1.82, 2.24) is 14.6 Å². The molecular weight excluding hydrogens is 368 g/mol. The Morgan fingerprint density at radius 3 is 2.72 bits per heavy atom. The Labute approximate surface area is 170 Å². The highest BCUT2D eigenvalue weighted by atomic mass is 16.5. The van der Waals surface area contributed by atoms with E-state index in [1.807, 2.05) is 30.5 Å². The average Bonchev–Trinajstić information content (AvgIpc) is 3.17. The molecule has 0 atom stereocenters. The van der Waals surface area contributed by atoms with Gasteiger partial charge in [-0.05, 0) is 43.0 Å². The first kappa shape index (κ1) is 19.2. The van der Waals surface area contributed by atoms with Gasteiger partial charge >= 0.3 is 0 Å². The Balaban J connectivity index is 1.56. The topological polar surface area (TPSA) is 77.8 Å². The van der Waals surface area contributed by atoms with E-state index in [1.165, 1.54) is 19.3 Å². The number of carbonyl (C=O) groups excluding carboxylic acids is 1. The Bertz CT molecular complexity index is 1010. The van der Waals surface area contributed by atoms with E-state index >= 15 is 0 Å². The fourth-order valence-electron chi connectivity index (χ4n) is 3.93. The number of anilines is 1. The van der Waals surface area contributed by atoms with Crippen molar-refractivity contribution < 1.29 is 14.3 Å². The van der Waals surface area contributed by atoms with Crippen molar-refractivity contribution >= 4 is 17.2 Å². The lowest BCUT2D eigenvalue weighted by atomic mass is 9.87. The summed E-state index contributed by atoms with van der Waals surface area (Å²) in [6.07, 6.45) is 8.42. The van der Waals surface area contributed by atoms with Crippen LogP contribution in [-0.4, -0.2) is 34.7 Å². The van der Waals surface area contributed by atoms with E-state index in [2.05, 4.69) is 15.4 Å². The summed E-state index contributed by atoms with van der Waals surface area (Å²) in [7, 11) is 3.19. The number of amides is 1. The number of imidazole rings is 1. The van der Waals surface area contributed by atoms with Gasteiger partial charge < -0.3 is 14.8 Å². The monoisotopic (exact) mass is 394 g/mol. The summed E-state index contributed by atoms with van der Waals surface area (Å²) < 4.78 is 12.3. The minimum Gasteiger partial charge on any atom is -0.495 e. The molecule has 4 rings (SSSR count). The van der Waals surface area contributed by atoms with Gasteiger partial charge in [-0.1, -0.05) is 19.3 Å². The van der Waals surface area contributed by atoms with E-state index in [9.17, 15) is 4.79 Å². The quantitative estimate of drug-likeness (QED) is 0.674. The number of nitrogens with one attached hydrogen (secondary N) is 1. The van der Waals surface area contributed by atoms with Crippen molar-refractivity contribution in [1.29, 1.82) is 0 Å². The van der Waals surface area contributed by atoms with Crippen molar-refractivity contribution in [2.24, 2.45) is 5.92 Å². The number of hydrogen-bond acceptors (Lipinski definition) is 5. The Morgan fingerprint density at radius 2 is 1.97 bits per heavy atom. The van der Waals surface area contributed by atoms with E-state index in [4.69, 9.17) is 9.47 Å². The van der Waals surface area contributed by atoms with Gasteiger partial charge in [-0.3, -0.25) is 4.79 Å². The van der Waals surface area contributed by atoms with Crippen molar-refractivity contribution in [3.05, 3.63) is 36.5 Å². The largest absolute Gasteiger partial charge is 0.495 e. The fourth-order valence-corrected chi connectivity index (χ4v) is 3.93. The fraction of sp³-hybridized carbons (Fsp3) is 0.409. The molecule has 0 saturated heterocycles. The van der Waals surface area contributed by atoms with Gasteiger partial charge in [0.15, 0.2) is 5.65 Å². The molecule has 3 aromatic rings. The molecule has 0 spiro atoms. The zero-order valence-corrected chi connectivity index (χ0v) is 16.9. The molecule has 0 aliphatic heterocycles. The molecule has 0 radical (unpaired) electrons. The van der Waals surface area contributed by atoms with Gasteiger partial charge in [0.25, 0.3) is 0 Å². The minimum atomic E-state index is 0.0359. The number of rotatable bonds is 6. The molecule has 1 saturated carbocycles. The van der Waals surface area contributed by atoms with E-state index < -0.39 is 0 Å².